The second kappa shape index (κ2) is 7.16. The fourth-order valence-electron chi connectivity index (χ4n) is 2.02. The van der Waals surface area contributed by atoms with Gasteiger partial charge in [0.25, 0.3) is 0 Å². The van der Waals surface area contributed by atoms with Crippen molar-refractivity contribution in [3.8, 4) is 0 Å². The van der Waals surface area contributed by atoms with Gasteiger partial charge in [0.05, 0.1) is 6.20 Å². The smallest absolute Gasteiger partial charge is 0.413 e. The predicted molar refractivity (Wildman–Crippen MR) is 89.7 cm³/mol. The van der Waals surface area contributed by atoms with Crippen molar-refractivity contribution in [2.24, 2.45) is 4.99 Å². The number of hydroxylamine groups is 2. The molecule has 0 saturated carbocycles. The van der Waals surface area contributed by atoms with Gasteiger partial charge < -0.3 is 9.57 Å². The number of hydrogen-bond acceptors (Lipinski definition) is 6. The van der Waals surface area contributed by atoms with E-state index in [4.69, 9.17) is 9.57 Å². The van der Waals surface area contributed by atoms with Crippen LogP contribution in [-0.4, -0.2) is 35.1 Å². The van der Waals surface area contributed by atoms with E-state index in [1.165, 1.54) is 18.2 Å². The van der Waals surface area contributed by atoms with E-state index in [1.807, 2.05) is 30.3 Å². The molecule has 1 aliphatic heterocycles. The highest BCUT2D eigenvalue weighted by Crippen LogP contribution is 2.22. The number of nitrogens with zero attached hydrogens (tertiary/aromatic N) is 2. The van der Waals surface area contributed by atoms with Crippen molar-refractivity contribution in [1.29, 1.82) is 0 Å². The molecule has 0 saturated heterocycles. The number of nitrogens with one attached hydrogen (secondary N) is 1. The zero-order valence-electron chi connectivity index (χ0n) is 14.2. The van der Waals surface area contributed by atoms with Gasteiger partial charge in [-0.2, -0.15) is 5.06 Å². The van der Waals surface area contributed by atoms with Crippen LogP contribution in [-0.2, 0) is 14.4 Å². The Kier molecular flexibility index (Phi) is 5.23. The molecule has 7 nitrogen and oxygen atoms in total. The summed E-state index contributed by atoms with van der Waals surface area (Å²) in [6.45, 7) is 6.74. The summed E-state index contributed by atoms with van der Waals surface area (Å²) in [7, 11) is 0. The number of carbonyl (C=O) groups is 2. The van der Waals surface area contributed by atoms with Crippen molar-refractivity contribution in [2.45, 2.75) is 33.3 Å². The van der Waals surface area contributed by atoms with Crippen molar-refractivity contribution in [3.05, 3.63) is 42.1 Å². The molecule has 7 heteroatoms. The molecule has 1 heterocycles. The molecule has 0 unspecified atom stereocenters. The van der Waals surface area contributed by atoms with Crippen LogP contribution in [0.5, 0.6) is 0 Å². The molecule has 128 valence electrons. The first-order valence-electron chi connectivity index (χ1n) is 7.53. The molecule has 0 fully saturated rings. The summed E-state index contributed by atoms with van der Waals surface area (Å²) in [6, 6.07) is 9.40. The van der Waals surface area contributed by atoms with Gasteiger partial charge in [0.2, 0.25) is 0 Å². The second-order valence-corrected chi connectivity index (χ2v) is 6.20. The summed E-state index contributed by atoms with van der Waals surface area (Å²) < 4.78 is 5.19. The number of amidine groups is 1. The molecule has 1 aromatic carbocycles. The van der Waals surface area contributed by atoms with Crippen LogP contribution in [0, 0.1) is 0 Å². The van der Waals surface area contributed by atoms with Gasteiger partial charge in [-0.1, -0.05) is 30.3 Å². The summed E-state index contributed by atoms with van der Waals surface area (Å²) in [5.74, 6) is -0.138. The van der Waals surface area contributed by atoms with Crippen LogP contribution in [0.4, 0.5) is 4.79 Å². The average Bonchev–Trinajstić information content (AvgIpc) is 2.45. The van der Waals surface area contributed by atoms with Crippen LogP contribution >= 0.6 is 0 Å². The maximum Gasteiger partial charge on any atom is 0.413 e. The SMILES string of the molecule is CC(=O)ON1CC(NC(=O)OC(C)(C)C)=NC=C1c1ccccc1. The molecule has 0 atom stereocenters. The van der Waals surface area contributed by atoms with Crippen LogP contribution in [0.3, 0.4) is 0 Å². The maximum absolute atomic E-state index is 11.8. The number of hydrogen-bond donors (Lipinski definition) is 1. The van der Waals surface area contributed by atoms with Gasteiger partial charge in [-0.15, -0.1) is 0 Å². The molecule has 0 aliphatic carbocycles. The van der Waals surface area contributed by atoms with Crippen molar-refractivity contribution < 1.29 is 19.2 Å². The molecular weight excluding hydrogens is 310 g/mol. The topological polar surface area (TPSA) is 80.2 Å². The molecule has 0 spiro atoms. The number of benzene rings is 1. The zero-order valence-corrected chi connectivity index (χ0v) is 14.2. The van der Waals surface area contributed by atoms with Gasteiger partial charge >= 0.3 is 12.1 Å². The summed E-state index contributed by atoms with van der Waals surface area (Å²) >= 11 is 0. The largest absolute Gasteiger partial charge is 0.444 e. The molecule has 1 aliphatic rings. The van der Waals surface area contributed by atoms with Gasteiger partial charge in [0.15, 0.2) is 0 Å². The minimum atomic E-state index is -0.611. The number of amides is 1. The number of aliphatic imine (C=N–C) groups is 1. The molecule has 1 aromatic rings. The van der Waals surface area contributed by atoms with Gasteiger partial charge in [-0.05, 0) is 20.8 Å². The van der Waals surface area contributed by atoms with E-state index in [9.17, 15) is 9.59 Å². The number of rotatable bonds is 2. The standard InChI is InChI=1S/C17H21N3O4/c1-12(21)24-20-11-15(19-16(22)23-17(2,3)4)18-10-14(20)13-8-6-5-7-9-13/h5-10H,11H2,1-4H3,(H,18,19,22). The minimum absolute atomic E-state index is 0.111. The number of carbonyl (C=O) groups excluding carboxylic acids is 2. The lowest BCUT2D eigenvalue weighted by molar-refractivity contribution is -0.170. The number of ether oxygens (including phenoxy) is 1. The maximum atomic E-state index is 11.8. The lowest BCUT2D eigenvalue weighted by Gasteiger charge is -2.28. The predicted octanol–water partition coefficient (Wildman–Crippen LogP) is 2.70. The third-order valence-electron chi connectivity index (χ3n) is 2.86. The highest BCUT2D eigenvalue weighted by molar-refractivity contribution is 5.98. The molecule has 2 rings (SSSR count). The van der Waals surface area contributed by atoms with Crippen molar-refractivity contribution in [3.63, 3.8) is 0 Å². The van der Waals surface area contributed by atoms with Crippen LogP contribution in [0.1, 0.15) is 33.3 Å². The average molecular weight is 331 g/mol. The monoisotopic (exact) mass is 331 g/mol. The summed E-state index contributed by atoms with van der Waals surface area (Å²) in [6.07, 6.45) is 0.926. The molecule has 0 radical (unpaired) electrons. The Bertz CT molecular complexity index is 675. The molecule has 1 N–H and O–H groups in total. The van der Waals surface area contributed by atoms with E-state index in [-0.39, 0.29) is 6.54 Å². The fraction of sp³-hybridized carbons (Fsp3) is 0.353. The summed E-state index contributed by atoms with van der Waals surface area (Å²) in [5.41, 5.74) is 0.860. The summed E-state index contributed by atoms with van der Waals surface area (Å²) in [4.78, 5) is 32.7. The Labute approximate surface area is 140 Å². The highest BCUT2D eigenvalue weighted by Gasteiger charge is 2.24. The molecular formula is C17H21N3O4. The Morgan fingerprint density at radius 2 is 1.88 bits per heavy atom. The van der Waals surface area contributed by atoms with E-state index < -0.39 is 17.7 Å². The van der Waals surface area contributed by atoms with Crippen LogP contribution in [0.15, 0.2) is 41.5 Å². The van der Waals surface area contributed by atoms with Crippen molar-refractivity contribution in [2.75, 3.05) is 6.54 Å². The van der Waals surface area contributed by atoms with Gasteiger partial charge in [-0.3, -0.25) is 10.1 Å². The first kappa shape index (κ1) is 17.5. The van der Waals surface area contributed by atoms with Crippen molar-refractivity contribution >= 4 is 23.6 Å². The Hall–Kier alpha value is -2.83. The quantitative estimate of drug-likeness (QED) is 0.901. The molecule has 24 heavy (non-hydrogen) atoms. The molecule has 0 aromatic heterocycles. The third kappa shape index (κ3) is 5.12. The normalized spacial score (nSPS) is 14.4. The molecule has 0 bridgehead atoms. The molecule has 1 amide bonds. The lowest BCUT2D eigenvalue weighted by Crippen LogP contribution is -2.43. The van der Waals surface area contributed by atoms with E-state index >= 15 is 0 Å². The first-order valence-corrected chi connectivity index (χ1v) is 7.53. The van der Waals surface area contributed by atoms with E-state index in [0.717, 1.165) is 5.56 Å². The van der Waals surface area contributed by atoms with E-state index in [0.29, 0.717) is 11.5 Å². The third-order valence-corrected chi connectivity index (χ3v) is 2.86. The van der Waals surface area contributed by atoms with Gasteiger partial charge in [-0.25, -0.2) is 9.79 Å². The Balaban J connectivity index is 2.18. The summed E-state index contributed by atoms with van der Waals surface area (Å²) in [5, 5.41) is 3.95. The van der Waals surface area contributed by atoms with E-state index in [1.54, 1.807) is 20.8 Å². The minimum Gasteiger partial charge on any atom is -0.444 e. The van der Waals surface area contributed by atoms with E-state index in [2.05, 4.69) is 10.3 Å². The van der Waals surface area contributed by atoms with Crippen LogP contribution in [0.2, 0.25) is 0 Å². The number of alkyl carbamates (subject to hydrolysis) is 1. The fourth-order valence-corrected chi connectivity index (χ4v) is 2.02. The first-order chi connectivity index (χ1) is 11.2. The Morgan fingerprint density at radius 1 is 1.21 bits per heavy atom. The van der Waals surface area contributed by atoms with Gasteiger partial charge in [0, 0.05) is 12.5 Å². The zero-order chi connectivity index (χ0) is 17.7. The van der Waals surface area contributed by atoms with Crippen LogP contribution < -0.4 is 5.32 Å². The van der Waals surface area contributed by atoms with Crippen LogP contribution in [0.25, 0.3) is 5.70 Å². The second-order valence-electron chi connectivity index (χ2n) is 6.20. The van der Waals surface area contributed by atoms with Crippen molar-refractivity contribution in [1.82, 2.24) is 10.4 Å². The lowest BCUT2D eigenvalue weighted by atomic mass is 10.1. The van der Waals surface area contributed by atoms with Gasteiger partial charge in [0.1, 0.15) is 23.7 Å². The highest BCUT2D eigenvalue weighted by atomic mass is 16.7. The Morgan fingerprint density at radius 3 is 2.46 bits per heavy atom.